The molecule has 128 valence electrons. The predicted octanol–water partition coefficient (Wildman–Crippen LogP) is 4.37. The van der Waals surface area contributed by atoms with Crippen molar-refractivity contribution in [3.8, 4) is 22.6 Å². The minimum absolute atomic E-state index is 0.509. The topological polar surface area (TPSA) is 66.0 Å². The van der Waals surface area contributed by atoms with Crippen LogP contribution in [0, 0.1) is 0 Å². The standard InChI is InChI=1S/C21H18N4O/c22-21-20(7-4-12-23-21)17-13-24-25(15-17)14-16-8-10-19(11-9-16)26-18-5-2-1-3-6-18/h1-13,15H,14H2,(H2,22,23). The second kappa shape index (κ2) is 7.11. The van der Waals surface area contributed by atoms with E-state index in [0.29, 0.717) is 12.4 Å². The normalized spacial score (nSPS) is 10.6. The van der Waals surface area contributed by atoms with Crippen molar-refractivity contribution in [3.63, 3.8) is 0 Å². The molecule has 0 saturated carbocycles. The molecule has 0 aliphatic carbocycles. The molecule has 0 aliphatic rings. The Morgan fingerprint density at radius 1 is 0.885 bits per heavy atom. The largest absolute Gasteiger partial charge is 0.457 e. The molecule has 0 bridgehead atoms. The Kier molecular flexibility index (Phi) is 4.35. The molecule has 0 spiro atoms. The van der Waals surface area contributed by atoms with Gasteiger partial charge in [-0.25, -0.2) is 4.98 Å². The van der Waals surface area contributed by atoms with Crippen LogP contribution in [0.1, 0.15) is 5.56 Å². The van der Waals surface area contributed by atoms with Crippen LogP contribution in [0.3, 0.4) is 0 Å². The SMILES string of the molecule is Nc1ncccc1-c1cnn(Cc2ccc(Oc3ccccc3)cc2)c1. The van der Waals surface area contributed by atoms with Crippen LogP contribution in [0.15, 0.2) is 85.3 Å². The van der Waals surface area contributed by atoms with Gasteiger partial charge in [0.25, 0.3) is 0 Å². The predicted molar refractivity (Wildman–Crippen MR) is 102 cm³/mol. The van der Waals surface area contributed by atoms with Gasteiger partial charge in [0.1, 0.15) is 17.3 Å². The maximum Gasteiger partial charge on any atom is 0.131 e. The zero-order valence-corrected chi connectivity index (χ0v) is 14.1. The lowest BCUT2D eigenvalue weighted by molar-refractivity contribution is 0.482. The first kappa shape index (κ1) is 15.9. The molecule has 0 saturated heterocycles. The highest BCUT2D eigenvalue weighted by atomic mass is 16.5. The first-order valence-electron chi connectivity index (χ1n) is 8.33. The van der Waals surface area contributed by atoms with Crippen LogP contribution < -0.4 is 10.5 Å². The summed E-state index contributed by atoms with van der Waals surface area (Å²) in [5.74, 6) is 2.14. The highest BCUT2D eigenvalue weighted by Gasteiger charge is 2.06. The number of nitrogens with zero attached hydrogens (tertiary/aromatic N) is 3. The van der Waals surface area contributed by atoms with E-state index in [2.05, 4.69) is 10.1 Å². The Bertz CT molecular complexity index is 994. The van der Waals surface area contributed by atoms with Crippen molar-refractivity contribution >= 4 is 5.82 Å². The van der Waals surface area contributed by atoms with Gasteiger partial charge in [0.15, 0.2) is 0 Å². The van der Waals surface area contributed by atoms with Crippen molar-refractivity contribution in [2.75, 3.05) is 5.73 Å². The highest BCUT2D eigenvalue weighted by molar-refractivity contribution is 5.72. The fourth-order valence-corrected chi connectivity index (χ4v) is 2.73. The van der Waals surface area contributed by atoms with Crippen molar-refractivity contribution in [2.24, 2.45) is 0 Å². The summed E-state index contributed by atoms with van der Waals surface area (Å²) in [4.78, 5) is 4.12. The van der Waals surface area contributed by atoms with E-state index in [9.17, 15) is 0 Å². The summed E-state index contributed by atoms with van der Waals surface area (Å²) in [5, 5.41) is 4.42. The first-order valence-corrected chi connectivity index (χ1v) is 8.33. The Balaban J connectivity index is 1.46. The number of anilines is 1. The lowest BCUT2D eigenvalue weighted by Crippen LogP contribution is -1.99. The number of benzene rings is 2. The molecule has 0 unspecified atom stereocenters. The summed E-state index contributed by atoms with van der Waals surface area (Å²) in [6, 6.07) is 21.6. The fourth-order valence-electron chi connectivity index (χ4n) is 2.73. The molecule has 5 heteroatoms. The van der Waals surface area contributed by atoms with Crippen molar-refractivity contribution in [3.05, 3.63) is 90.9 Å². The average molecular weight is 342 g/mol. The smallest absolute Gasteiger partial charge is 0.131 e. The molecule has 0 amide bonds. The number of hydrogen-bond donors (Lipinski definition) is 1. The third-order valence-corrected chi connectivity index (χ3v) is 4.03. The lowest BCUT2D eigenvalue weighted by Gasteiger charge is -2.07. The molecule has 0 fully saturated rings. The lowest BCUT2D eigenvalue weighted by atomic mass is 10.1. The van der Waals surface area contributed by atoms with Crippen LogP contribution in [0.2, 0.25) is 0 Å². The van der Waals surface area contributed by atoms with Crippen LogP contribution in [0.25, 0.3) is 11.1 Å². The van der Waals surface area contributed by atoms with Crippen LogP contribution in [0.4, 0.5) is 5.82 Å². The van der Waals surface area contributed by atoms with E-state index in [1.807, 2.05) is 77.6 Å². The molecule has 2 heterocycles. The number of nitrogen functional groups attached to an aromatic ring is 1. The van der Waals surface area contributed by atoms with Gasteiger partial charge in [0, 0.05) is 23.5 Å². The maximum absolute atomic E-state index is 5.93. The van der Waals surface area contributed by atoms with Gasteiger partial charge in [-0.1, -0.05) is 30.3 Å². The average Bonchev–Trinajstić information content (AvgIpc) is 3.13. The van der Waals surface area contributed by atoms with Gasteiger partial charge in [-0.15, -0.1) is 0 Å². The molecular weight excluding hydrogens is 324 g/mol. The molecule has 4 rings (SSSR count). The number of aromatic nitrogens is 3. The number of rotatable bonds is 5. The van der Waals surface area contributed by atoms with Gasteiger partial charge in [-0.2, -0.15) is 5.10 Å². The van der Waals surface area contributed by atoms with Crippen LogP contribution >= 0.6 is 0 Å². The van der Waals surface area contributed by atoms with Crippen LogP contribution in [-0.2, 0) is 6.54 Å². The number of para-hydroxylation sites is 1. The Labute approximate surface area is 151 Å². The van der Waals surface area contributed by atoms with E-state index in [-0.39, 0.29) is 0 Å². The summed E-state index contributed by atoms with van der Waals surface area (Å²) >= 11 is 0. The van der Waals surface area contributed by atoms with E-state index in [1.54, 1.807) is 12.4 Å². The molecule has 0 aliphatic heterocycles. The highest BCUT2D eigenvalue weighted by Crippen LogP contribution is 2.24. The van der Waals surface area contributed by atoms with Gasteiger partial charge < -0.3 is 10.5 Å². The molecular formula is C21H18N4O. The summed E-state index contributed by atoms with van der Waals surface area (Å²) in [7, 11) is 0. The van der Waals surface area contributed by atoms with E-state index >= 15 is 0 Å². The van der Waals surface area contributed by atoms with Crippen molar-refractivity contribution in [1.82, 2.24) is 14.8 Å². The van der Waals surface area contributed by atoms with Crippen molar-refractivity contribution < 1.29 is 4.74 Å². The molecule has 2 aromatic carbocycles. The first-order chi connectivity index (χ1) is 12.8. The van der Waals surface area contributed by atoms with E-state index in [4.69, 9.17) is 10.5 Å². The molecule has 4 aromatic rings. The zero-order chi connectivity index (χ0) is 17.8. The summed E-state index contributed by atoms with van der Waals surface area (Å²) < 4.78 is 7.70. The van der Waals surface area contributed by atoms with Gasteiger partial charge in [0.05, 0.1) is 12.7 Å². The van der Waals surface area contributed by atoms with E-state index in [0.717, 1.165) is 28.2 Å². The van der Waals surface area contributed by atoms with Gasteiger partial charge >= 0.3 is 0 Å². The maximum atomic E-state index is 5.93. The summed E-state index contributed by atoms with van der Waals surface area (Å²) in [6.07, 6.45) is 5.46. The van der Waals surface area contributed by atoms with Gasteiger partial charge in [-0.05, 0) is 42.0 Å². The van der Waals surface area contributed by atoms with Crippen LogP contribution in [0.5, 0.6) is 11.5 Å². The molecule has 0 atom stereocenters. The Morgan fingerprint density at radius 3 is 2.42 bits per heavy atom. The number of ether oxygens (including phenoxy) is 1. The van der Waals surface area contributed by atoms with E-state index in [1.165, 1.54) is 0 Å². The molecule has 5 nitrogen and oxygen atoms in total. The third kappa shape index (κ3) is 3.57. The molecule has 0 radical (unpaired) electrons. The number of nitrogens with two attached hydrogens (primary N) is 1. The van der Waals surface area contributed by atoms with Crippen molar-refractivity contribution in [1.29, 1.82) is 0 Å². The minimum atomic E-state index is 0.509. The van der Waals surface area contributed by atoms with Gasteiger partial charge in [0.2, 0.25) is 0 Å². The zero-order valence-electron chi connectivity index (χ0n) is 14.1. The van der Waals surface area contributed by atoms with Crippen molar-refractivity contribution in [2.45, 2.75) is 6.54 Å². The quantitative estimate of drug-likeness (QED) is 0.585. The van der Waals surface area contributed by atoms with E-state index < -0.39 is 0 Å². The Hall–Kier alpha value is -3.60. The fraction of sp³-hybridized carbons (Fsp3) is 0.0476. The molecule has 2 N–H and O–H groups in total. The van der Waals surface area contributed by atoms with Gasteiger partial charge in [-0.3, -0.25) is 4.68 Å². The second-order valence-electron chi connectivity index (χ2n) is 5.92. The minimum Gasteiger partial charge on any atom is -0.457 e. The Morgan fingerprint density at radius 2 is 1.65 bits per heavy atom. The van der Waals surface area contributed by atoms with Crippen LogP contribution in [-0.4, -0.2) is 14.8 Å². The monoisotopic (exact) mass is 342 g/mol. The summed E-state index contributed by atoms with van der Waals surface area (Å²) in [5.41, 5.74) is 8.92. The molecule has 26 heavy (non-hydrogen) atoms. The third-order valence-electron chi connectivity index (χ3n) is 4.03. The summed E-state index contributed by atoms with van der Waals surface area (Å²) in [6.45, 7) is 0.672. The second-order valence-corrected chi connectivity index (χ2v) is 5.92. The number of pyridine rings is 1. The molecule has 2 aromatic heterocycles. The number of hydrogen-bond acceptors (Lipinski definition) is 4.